The van der Waals surface area contributed by atoms with Crippen LogP contribution in [-0.4, -0.2) is 30.8 Å². The van der Waals surface area contributed by atoms with E-state index in [1.165, 1.54) is 11.1 Å². The molecule has 0 aromatic heterocycles. The molecule has 0 fully saturated rings. The maximum atomic E-state index is 12.0. The first kappa shape index (κ1) is 18.0. The van der Waals surface area contributed by atoms with Gasteiger partial charge in [0.15, 0.2) is 0 Å². The van der Waals surface area contributed by atoms with Gasteiger partial charge in [-0.15, -0.1) is 0 Å². The predicted octanol–water partition coefficient (Wildman–Crippen LogP) is 3.00. The van der Waals surface area contributed by atoms with Crippen LogP contribution in [0.5, 0.6) is 0 Å². The zero-order valence-electron chi connectivity index (χ0n) is 14.2. The molecule has 0 saturated carbocycles. The quantitative estimate of drug-likeness (QED) is 0.698. The number of benzene rings is 2. The van der Waals surface area contributed by atoms with Crippen molar-refractivity contribution in [3.63, 3.8) is 0 Å². The van der Waals surface area contributed by atoms with E-state index in [1.807, 2.05) is 36.4 Å². The van der Waals surface area contributed by atoms with E-state index in [1.54, 1.807) is 0 Å². The molecule has 2 aromatic carbocycles. The molecular weight excluding hydrogens is 300 g/mol. The summed E-state index contributed by atoms with van der Waals surface area (Å²) in [7, 11) is 0. The number of hydrogen-bond donors (Lipinski definition) is 3. The Hall–Kier alpha value is -2.33. The van der Waals surface area contributed by atoms with Gasteiger partial charge >= 0.3 is 6.03 Å². The first-order valence-corrected chi connectivity index (χ1v) is 8.42. The minimum atomic E-state index is -0.165. The molecule has 0 spiro atoms. The maximum absolute atomic E-state index is 12.0. The zero-order chi connectivity index (χ0) is 17.2. The van der Waals surface area contributed by atoms with E-state index in [-0.39, 0.29) is 18.6 Å². The summed E-state index contributed by atoms with van der Waals surface area (Å²) >= 11 is 0. The topological polar surface area (TPSA) is 61.4 Å². The van der Waals surface area contributed by atoms with E-state index in [2.05, 4.69) is 35.8 Å². The largest absolute Gasteiger partial charge is 0.396 e. The highest BCUT2D eigenvalue weighted by atomic mass is 16.3. The molecule has 0 aliphatic carbocycles. The molecule has 128 valence electrons. The van der Waals surface area contributed by atoms with Crippen LogP contribution >= 0.6 is 0 Å². The molecule has 2 amide bonds. The van der Waals surface area contributed by atoms with Crippen LogP contribution < -0.4 is 10.6 Å². The Morgan fingerprint density at radius 1 is 1.08 bits per heavy atom. The van der Waals surface area contributed by atoms with Crippen LogP contribution in [0.4, 0.5) is 4.79 Å². The zero-order valence-corrected chi connectivity index (χ0v) is 14.2. The maximum Gasteiger partial charge on any atom is 0.314 e. The van der Waals surface area contributed by atoms with Gasteiger partial charge in [-0.1, -0.05) is 60.2 Å². The van der Waals surface area contributed by atoms with Gasteiger partial charge in [-0.2, -0.15) is 0 Å². The van der Waals surface area contributed by atoms with Crippen LogP contribution in [0.3, 0.4) is 0 Å². The van der Waals surface area contributed by atoms with Crippen molar-refractivity contribution < 1.29 is 9.90 Å². The first-order chi connectivity index (χ1) is 11.7. The van der Waals surface area contributed by atoms with Gasteiger partial charge in [0.25, 0.3) is 0 Å². The smallest absolute Gasteiger partial charge is 0.314 e. The van der Waals surface area contributed by atoms with Crippen molar-refractivity contribution in [2.24, 2.45) is 0 Å². The van der Waals surface area contributed by atoms with Gasteiger partial charge in [0, 0.05) is 25.6 Å². The number of nitrogens with one attached hydrogen (secondary N) is 2. The second kappa shape index (κ2) is 9.73. The van der Waals surface area contributed by atoms with Gasteiger partial charge in [-0.05, 0) is 30.9 Å². The minimum absolute atomic E-state index is 0.107. The van der Waals surface area contributed by atoms with Crippen LogP contribution in [0.25, 0.3) is 0 Å². The Labute approximate surface area is 143 Å². The highest BCUT2D eigenvalue weighted by Gasteiger charge is 2.12. The fraction of sp³-hybridized carbons (Fsp3) is 0.350. The number of aliphatic hydroxyl groups is 1. The Kier molecular flexibility index (Phi) is 7.30. The molecule has 24 heavy (non-hydrogen) atoms. The number of rotatable bonds is 8. The van der Waals surface area contributed by atoms with E-state index in [9.17, 15) is 9.90 Å². The van der Waals surface area contributed by atoms with Crippen LogP contribution in [0.2, 0.25) is 0 Å². The van der Waals surface area contributed by atoms with E-state index < -0.39 is 0 Å². The first-order valence-electron chi connectivity index (χ1n) is 8.42. The Morgan fingerprint density at radius 2 is 1.88 bits per heavy atom. The average molecular weight is 326 g/mol. The second-order valence-electron chi connectivity index (χ2n) is 6.00. The molecule has 0 heterocycles. The van der Waals surface area contributed by atoms with Crippen LogP contribution in [0.1, 0.15) is 29.0 Å². The highest BCUT2D eigenvalue weighted by molar-refractivity contribution is 5.73. The van der Waals surface area contributed by atoms with E-state index >= 15 is 0 Å². The van der Waals surface area contributed by atoms with Gasteiger partial charge in [0.05, 0.1) is 0 Å². The Balaban J connectivity index is 1.75. The fourth-order valence-corrected chi connectivity index (χ4v) is 2.73. The van der Waals surface area contributed by atoms with Gasteiger partial charge in [-0.25, -0.2) is 4.79 Å². The molecule has 3 N–H and O–H groups in total. The van der Waals surface area contributed by atoms with Crippen LogP contribution in [0.15, 0.2) is 54.6 Å². The number of hydrogen-bond acceptors (Lipinski definition) is 2. The van der Waals surface area contributed by atoms with Crippen molar-refractivity contribution in [1.82, 2.24) is 10.6 Å². The predicted molar refractivity (Wildman–Crippen MR) is 97.2 cm³/mol. The molecule has 0 aliphatic heterocycles. The standard InChI is InChI=1S/C20H26N2O2/c1-16-6-5-7-17(14-16)10-12-21-20(24)22-15-19(11-13-23)18-8-3-2-4-9-18/h2-9,14,19,23H,10-13,15H2,1H3,(H2,21,22,24). The van der Waals surface area contributed by atoms with E-state index in [4.69, 9.17) is 0 Å². The van der Waals surface area contributed by atoms with Crippen LogP contribution in [0, 0.1) is 6.92 Å². The summed E-state index contributed by atoms with van der Waals surface area (Å²) in [5.74, 6) is 0.124. The summed E-state index contributed by atoms with van der Waals surface area (Å²) in [4.78, 5) is 12.0. The molecule has 2 rings (SSSR count). The lowest BCUT2D eigenvalue weighted by Crippen LogP contribution is -2.38. The van der Waals surface area contributed by atoms with Crippen molar-refractivity contribution in [2.75, 3.05) is 19.7 Å². The Morgan fingerprint density at radius 3 is 2.58 bits per heavy atom. The van der Waals surface area contributed by atoms with Gasteiger partial charge < -0.3 is 15.7 Å². The molecule has 0 radical (unpaired) electrons. The van der Waals surface area contributed by atoms with Crippen LogP contribution in [-0.2, 0) is 6.42 Å². The van der Waals surface area contributed by atoms with Gasteiger partial charge in [0.2, 0.25) is 0 Å². The average Bonchev–Trinajstić information content (AvgIpc) is 2.59. The van der Waals surface area contributed by atoms with E-state index in [0.29, 0.717) is 19.5 Å². The summed E-state index contributed by atoms with van der Waals surface area (Å²) in [6.45, 7) is 3.29. The molecule has 0 aliphatic rings. The number of urea groups is 1. The molecule has 2 aromatic rings. The number of aryl methyl sites for hydroxylation is 1. The molecular formula is C20H26N2O2. The summed E-state index contributed by atoms with van der Waals surface area (Å²) in [6, 6.07) is 18.1. The van der Waals surface area contributed by atoms with Gasteiger partial charge in [-0.3, -0.25) is 0 Å². The molecule has 1 atom stereocenters. The third-order valence-corrected chi connectivity index (χ3v) is 4.04. The van der Waals surface area contributed by atoms with Crippen molar-refractivity contribution in [1.29, 1.82) is 0 Å². The van der Waals surface area contributed by atoms with Gasteiger partial charge in [0.1, 0.15) is 0 Å². The monoisotopic (exact) mass is 326 g/mol. The molecule has 0 saturated heterocycles. The van der Waals surface area contributed by atoms with Crippen molar-refractivity contribution in [3.8, 4) is 0 Å². The number of amides is 2. The minimum Gasteiger partial charge on any atom is -0.396 e. The number of aliphatic hydroxyl groups excluding tert-OH is 1. The number of carbonyl (C=O) groups is 1. The summed E-state index contributed by atoms with van der Waals surface area (Å²) < 4.78 is 0. The highest BCUT2D eigenvalue weighted by Crippen LogP contribution is 2.17. The lowest BCUT2D eigenvalue weighted by atomic mass is 9.96. The third-order valence-electron chi connectivity index (χ3n) is 4.04. The van der Waals surface area contributed by atoms with Crippen molar-refractivity contribution >= 4 is 6.03 Å². The normalized spacial score (nSPS) is 11.8. The second-order valence-corrected chi connectivity index (χ2v) is 6.00. The van der Waals surface area contributed by atoms with E-state index in [0.717, 1.165) is 12.0 Å². The lowest BCUT2D eigenvalue weighted by Gasteiger charge is -2.17. The third kappa shape index (κ3) is 6.05. The summed E-state index contributed by atoms with van der Waals surface area (Å²) in [5, 5.41) is 15.0. The number of carbonyl (C=O) groups excluding carboxylic acids is 1. The molecule has 4 heteroatoms. The summed E-state index contributed by atoms with van der Waals surface area (Å²) in [5.41, 5.74) is 3.58. The lowest BCUT2D eigenvalue weighted by molar-refractivity contribution is 0.237. The fourth-order valence-electron chi connectivity index (χ4n) is 2.73. The van der Waals surface area contributed by atoms with Crippen molar-refractivity contribution in [3.05, 3.63) is 71.3 Å². The SMILES string of the molecule is Cc1cccc(CCNC(=O)NCC(CCO)c2ccccc2)c1. The molecule has 4 nitrogen and oxygen atoms in total. The molecule has 0 bridgehead atoms. The van der Waals surface area contributed by atoms with Crippen molar-refractivity contribution in [2.45, 2.75) is 25.7 Å². The summed E-state index contributed by atoms with van der Waals surface area (Å²) in [6.07, 6.45) is 1.45. The Bertz CT molecular complexity index is 629. The molecule has 1 unspecified atom stereocenters.